The minimum Gasteiger partial charge on any atom is -0.344 e. The molecule has 0 radical (unpaired) electrons. The fraction of sp³-hybridized carbons (Fsp3) is 0.444. The van der Waals surface area contributed by atoms with Gasteiger partial charge in [-0.05, 0) is 42.4 Å². The van der Waals surface area contributed by atoms with Crippen molar-refractivity contribution >= 4 is 0 Å². The second-order valence-electron chi connectivity index (χ2n) is 6.91. The van der Waals surface area contributed by atoms with Gasteiger partial charge in [0.25, 0.3) is 0 Å². The zero-order valence-corrected chi connectivity index (χ0v) is 12.7. The number of nitrogens with zero attached hydrogens (tertiary/aromatic N) is 1. The highest BCUT2D eigenvalue weighted by atomic mass is 15.0. The number of rotatable bonds is 2. The largest absolute Gasteiger partial charge is 0.344 e. The van der Waals surface area contributed by atoms with Crippen LogP contribution in [0.5, 0.6) is 0 Å². The molecule has 20 heavy (non-hydrogen) atoms. The normalized spacial score (nSPS) is 20.7. The molecule has 1 aliphatic carbocycles. The minimum atomic E-state index is 0.185. The van der Waals surface area contributed by atoms with E-state index in [1.807, 2.05) is 0 Å². The fourth-order valence-electron chi connectivity index (χ4n) is 3.49. The summed E-state index contributed by atoms with van der Waals surface area (Å²) in [6.45, 7) is 7.79. The van der Waals surface area contributed by atoms with Gasteiger partial charge in [-0.15, -0.1) is 0 Å². The quantitative estimate of drug-likeness (QED) is 0.882. The summed E-state index contributed by atoms with van der Waals surface area (Å²) in [4.78, 5) is 0. The maximum absolute atomic E-state index is 6.38. The first-order valence-electron chi connectivity index (χ1n) is 7.45. The molecular weight excluding hydrogens is 244 g/mol. The summed E-state index contributed by atoms with van der Waals surface area (Å²) < 4.78 is 2.45. The average molecular weight is 268 g/mol. The number of aromatic nitrogens is 1. The van der Waals surface area contributed by atoms with Gasteiger partial charge >= 0.3 is 0 Å². The summed E-state index contributed by atoms with van der Waals surface area (Å²) in [7, 11) is 0. The van der Waals surface area contributed by atoms with Crippen molar-refractivity contribution in [2.75, 3.05) is 0 Å². The molecule has 2 nitrogen and oxygen atoms in total. The van der Waals surface area contributed by atoms with E-state index in [1.165, 1.54) is 22.5 Å². The summed E-state index contributed by atoms with van der Waals surface area (Å²) in [6.07, 6.45) is 2.20. The van der Waals surface area contributed by atoms with Crippen LogP contribution in [0.15, 0.2) is 36.4 Å². The third kappa shape index (κ3) is 2.40. The van der Waals surface area contributed by atoms with Crippen molar-refractivity contribution in [1.29, 1.82) is 0 Å². The van der Waals surface area contributed by atoms with Crippen molar-refractivity contribution in [1.82, 2.24) is 4.57 Å². The topological polar surface area (TPSA) is 30.9 Å². The van der Waals surface area contributed by atoms with Crippen LogP contribution >= 0.6 is 0 Å². The Hall–Kier alpha value is -1.54. The van der Waals surface area contributed by atoms with E-state index >= 15 is 0 Å². The first kappa shape index (κ1) is 13.4. The van der Waals surface area contributed by atoms with Crippen molar-refractivity contribution in [3.05, 3.63) is 58.9 Å². The van der Waals surface area contributed by atoms with Gasteiger partial charge < -0.3 is 10.3 Å². The Morgan fingerprint density at radius 2 is 1.95 bits per heavy atom. The predicted octanol–water partition coefficient (Wildman–Crippen LogP) is 3.82. The van der Waals surface area contributed by atoms with Gasteiger partial charge in [-0.2, -0.15) is 0 Å². The molecule has 1 aromatic carbocycles. The second kappa shape index (κ2) is 4.78. The molecule has 0 saturated heterocycles. The van der Waals surface area contributed by atoms with Crippen LogP contribution in [0.3, 0.4) is 0 Å². The van der Waals surface area contributed by atoms with Gasteiger partial charge in [0.2, 0.25) is 0 Å². The van der Waals surface area contributed by atoms with Gasteiger partial charge in [0.1, 0.15) is 0 Å². The van der Waals surface area contributed by atoms with Crippen molar-refractivity contribution in [3.8, 4) is 0 Å². The van der Waals surface area contributed by atoms with Crippen LogP contribution < -0.4 is 5.73 Å². The number of fused-ring (bicyclic) bond motifs is 1. The summed E-state index contributed by atoms with van der Waals surface area (Å²) in [5, 5.41) is 0. The van der Waals surface area contributed by atoms with Gasteiger partial charge in [0.15, 0.2) is 0 Å². The van der Waals surface area contributed by atoms with E-state index in [9.17, 15) is 0 Å². The molecule has 0 bridgehead atoms. The lowest BCUT2D eigenvalue weighted by molar-refractivity contribution is 0.276. The highest BCUT2D eigenvalue weighted by molar-refractivity contribution is 5.35. The highest BCUT2D eigenvalue weighted by Crippen LogP contribution is 2.41. The third-order valence-corrected chi connectivity index (χ3v) is 4.45. The molecule has 0 amide bonds. The number of nitrogens with two attached hydrogens (primary N) is 1. The molecule has 1 heterocycles. The Kier molecular flexibility index (Phi) is 3.21. The van der Waals surface area contributed by atoms with Crippen LogP contribution in [0.1, 0.15) is 48.8 Å². The Morgan fingerprint density at radius 3 is 2.65 bits per heavy atom. The molecule has 1 unspecified atom stereocenters. The molecule has 3 rings (SSSR count). The molecular formula is C18H24N2. The maximum atomic E-state index is 6.38. The number of aryl methyl sites for hydroxylation is 1. The first-order chi connectivity index (χ1) is 9.46. The second-order valence-corrected chi connectivity index (χ2v) is 6.91. The number of hydrogen-bond donors (Lipinski definition) is 1. The third-order valence-electron chi connectivity index (χ3n) is 4.45. The molecule has 2 N–H and O–H groups in total. The molecule has 0 aliphatic heterocycles. The van der Waals surface area contributed by atoms with Crippen LogP contribution in [0.25, 0.3) is 0 Å². The molecule has 1 aliphatic rings. The highest BCUT2D eigenvalue weighted by Gasteiger charge is 2.33. The molecule has 0 saturated carbocycles. The van der Waals surface area contributed by atoms with Gasteiger partial charge in [-0.1, -0.05) is 44.2 Å². The predicted molar refractivity (Wildman–Crippen MR) is 83.7 cm³/mol. The number of benzene rings is 1. The standard InChI is InChI=1S/C18H24N2/c1-13-9-15-16(19)10-18(2,3)11-17(15)20(13)12-14-7-5-4-6-8-14/h4-9,16H,10-12,19H2,1-3H3. The minimum absolute atomic E-state index is 0.185. The average Bonchev–Trinajstić information content (AvgIpc) is 2.67. The van der Waals surface area contributed by atoms with E-state index in [-0.39, 0.29) is 6.04 Å². The smallest absolute Gasteiger partial charge is 0.0475 e. The summed E-state index contributed by atoms with van der Waals surface area (Å²) >= 11 is 0. The first-order valence-corrected chi connectivity index (χ1v) is 7.45. The summed E-state index contributed by atoms with van der Waals surface area (Å²) in [5.41, 5.74) is 12.2. The van der Waals surface area contributed by atoms with Gasteiger partial charge in [-0.25, -0.2) is 0 Å². The van der Waals surface area contributed by atoms with Crippen molar-refractivity contribution in [3.63, 3.8) is 0 Å². The van der Waals surface area contributed by atoms with Gasteiger partial charge in [0, 0.05) is 24.0 Å². The Bertz CT molecular complexity index is 608. The zero-order valence-electron chi connectivity index (χ0n) is 12.7. The van der Waals surface area contributed by atoms with Crippen LogP contribution in [0.4, 0.5) is 0 Å². The monoisotopic (exact) mass is 268 g/mol. The Morgan fingerprint density at radius 1 is 1.25 bits per heavy atom. The van der Waals surface area contributed by atoms with Crippen molar-refractivity contribution in [2.24, 2.45) is 11.1 Å². The van der Waals surface area contributed by atoms with Crippen molar-refractivity contribution in [2.45, 2.75) is 46.2 Å². The zero-order chi connectivity index (χ0) is 14.3. The van der Waals surface area contributed by atoms with Crippen molar-refractivity contribution < 1.29 is 0 Å². The maximum Gasteiger partial charge on any atom is 0.0475 e. The lowest BCUT2D eigenvalue weighted by atomic mass is 9.74. The van der Waals surface area contributed by atoms with Crippen LogP contribution in [0.2, 0.25) is 0 Å². The van der Waals surface area contributed by atoms with E-state index in [2.05, 4.69) is 61.7 Å². The van der Waals surface area contributed by atoms with E-state index in [0.717, 1.165) is 19.4 Å². The lowest BCUT2D eigenvalue weighted by Gasteiger charge is -2.34. The lowest BCUT2D eigenvalue weighted by Crippen LogP contribution is -2.30. The van der Waals surface area contributed by atoms with Gasteiger partial charge in [0.05, 0.1) is 0 Å². The summed E-state index contributed by atoms with van der Waals surface area (Å²) in [5.74, 6) is 0. The molecule has 0 spiro atoms. The summed E-state index contributed by atoms with van der Waals surface area (Å²) in [6, 6.07) is 13.1. The molecule has 1 atom stereocenters. The number of hydrogen-bond acceptors (Lipinski definition) is 1. The Balaban J connectivity index is 2.01. The van der Waals surface area contributed by atoms with E-state index in [0.29, 0.717) is 5.41 Å². The fourth-order valence-corrected chi connectivity index (χ4v) is 3.49. The van der Waals surface area contributed by atoms with E-state index in [1.54, 1.807) is 0 Å². The van der Waals surface area contributed by atoms with E-state index < -0.39 is 0 Å². The molecule has 2 aromatic rings. The van der Waals surface area contributed by atoms with Crippen LogP contribution in [-0.2, 0) is 13.0 Å². The van der Waals surface area contributed by atoms with Crippen LogP contribution in [-0.4, -0.2) is 4.57 Å². The SMILES string of the molecule is Cc1cc2c(n1Cc1ccccc1)CC(C)(C)CC2N. The molecule has 106 valence electrons. The van der Waals surface area contributed by atoms with E-state index in [4.69, 9.17) is 5.73 Å². The Labute approximate surface area is 121 Å². The van der Waals surface area contributed by atoms with Gasteiger partial charge in [-0.3, -0.25) is 0 Å². The molecule has 0 fully saturated rings. The van der Waals surface area contributed by atoms with Crippen LogP contribution in [0, 0.1) is 12.3 Å². The molecule has 2 heteroatoms. The molecule has 1 aromatic heterocycles.